The maximum atomic E-state index is 5.85. The van der Waals surface area contributed by atoms with E-state index in [1.165, 1.54) is 6.20 Å². The van der Waals surface area contributed by atoms with Crippen LogP contribution in [0.3, 0.4) is 0 Å². The number of aromatic nitrogens is 4. The van der Waals surface area contributed by atoms with Gasteiger partial charge in [0, 0.05) is 17.9 Å². The first-order valence-electron chi connectivity index (χ1n) is 7.70. The Labute approximate surface area is 160 Å². The van der Waals surface area contributed by atoms with Crippen LogP contribution in [-0.4, -0.2) is 38.3 Å². The highest BCUT2D eigenvalue weighted by molar-refractivity contribution is 9.10. The molecule has 3 rings (SSSR count). The van der Waals surface area contributed by atoms with Crippen molar-refractivity contribution < 1.29 is 9.31 Å². The summed E-state index contributed by atoms with van der Waals surface area (Å²) in [4.78, 5) is 15.2. The Balaban J connectivity index is 0.000000228. The van der Waals surface area contributed by atoms with E-state index in [0.29, 0.717) is 15.8 Å². The molecule has 0 amide bonds. The molecular formula is C14H22BBrN8O2. The maximum Gasteiger partial charge on any atom is 0.500 e. The molecular weight excluding hydrogens is 403 g/mol. The SMILES string of the molecule is CC1(C)OB(c2cnc(N)nc2N)OC1(C)C.Nc1ncc(Br)c(N)n1. The van der Waals surface area contributed by atoms with E-state index in [4.69, 9.17) is 32.2 Å². The second-order valence-corrected chi connectivity index (χ2v) is 7.47. The van der Waals surface area contributed by atoms with Crippen LogP contribution in [0.15, 0.2) is 16.9 Å². The number of anilines is 4. The molecule has 1 aliphatic rings. The number of nitrogens with two attached hydrogens (primary N) is 4. The van der Waals surface area contributed by atoms with Gasteiger partial charge in [-0.15, -0.1) is 0 Å². The Morgan fingerprint density at radius 3 is 1.73 bits per heavy atom. The van der Waals surface area contributed by atoms with Crippen molar-refractivity contribution in [2.45, 2.75) is 38.9 Å². The van der Waals surface area contributed by atoms with Gasteiger partial charge in [-0.2, -0.15) is 9.97 Å². The van der Waals surface area contributed by atoms with Gasteiger partial charge in [0.25, 0.3) is 0 Å². The first-order valence-corrected chi connectivity index (χ1v) is 8.49. The van der Waals surface area contributed by atoms with Crippen LogP contribution in [0.4, 0.5) is 23.5 Å². The molecule has 26 heavy (non-hydrogen) atoms. The van der Waals surface area contributed by atoms with Gasteiger partial charge < -0.3 is 32.2 Å². The maximum absolute atomic E-state index is 5.85. The fourth-order valence-electron chi connectivity index (χ4n) is 1.96. The Morgan fingerprint density at radius 2 is 1.31 bits per heavy atom. The molecule has 0 bridgehead atoms. The summed E-state index contributed by atoms with van der Waals surface area (Å²) < 4.78 is 12.4. The van der Waals surface area contributed by atoms with Gasteiger partial charge in [0.05, 0.1) is 15.7 Å². The standard InChI is InChI=1S/C10H17BN4O2.C4H5BrN4/c1-9(2)10(3,4)17-11(16-9)6-5-14-8(13)15-7(6)12;5-2-1-8-4(7)9-3(2)6/h5H,1-4H3,(H4,12,13,14,15);1H,(H4,6,7,8,9). The van der Waals surface area contributed by atoms with E-state index in [9.17, 15) is 0 Å². The summed E-state index contributed by atoms with van der Waals surface area (Å²) in [5.41, 5.74) is 21.6. The normalized spacial score (nSPS) is 17.5. The molecule has 2 aromatic rings. The predicted octanol–water partition coefficient (Wildman–Crippen LogP) is 0.344. The molecule has 10 nitrogen and oxygen atoms in total. The number of hydrogen-bond acceptors (Lipinski definition) is 10. The summed E-state index contributed by atoms with van der Waals surface area (Å²) in [6.45, 7) is 7.89. The van der Waals surface area contributed by atoms with E-state index in [1.807, 2.05) is 27.7 Å². The topological polar surface area (TPSA) is 174 Å². The van der Waals surface area contributed by atoms with E-state index >= 15 is 0 Å². The van der Waals surface area contributed by atoms with E-state index < -0.39 is 18.3 Å². The summed E-state index contributed by atoms with van der Waals surface area (Å²) in [6.07, 6.45) is 3.05. The molecule has 0 spiro atoms. The Morgan fingerprint density at radius 1 is 0.846 bits per heavy atom. The third-order valence-corrected chi connectivity index (χ3v) is 4.77. The van der Waals surface area contributed by atoms with Gasteiger partial charge in [-0.05, 0) is 43.6 Å². The monoisotopic (exact) mass is 424 g/mol. The molecule has 1 aliphatic heterocycles. The highest BCUT2D eigenvalue weighted by Crippen LogP contribution is 2.36. The zero-order valence-electron chi connectivity index (χ0n) is 15.0. The Hall–Kier alpha value is -2.18. The van der Waals surface area contributed by atoms with Crippen LogP contribution in [0.25, 0.3) is 0 Å². The van der Waals surface area contributed by atoms with Gasteiger partial charge in [-0.3, -0.25) is 0 Å². The van der Waals surface area contributed by atoms with Crippen LogP contribution in [-0.2, 0) is 9.31 Å². The van der Waals surface area contributed by atoms with Gasteiger partial charge in [0.2, 0.25) is 11.9 Å². The minimum atomic E-state index is -0.555. The Bertz CT molecular complexity index is 789. The molecule has 140 valence electrons. The third-order valence-electron chi connectivity index (χ3n) is 4.16. The Kier molecular flexibility index (Phi) is 5.59. The van der Waals surface area contributed by atoms with Gasteiger partial charge in [-0.1, -0.05) is 0 Å². The lowest BCUT2D eigenvalue weighted by atomic mass is 9.80. The lowest BCUT2D eigenvalue weighted by molar-refractivity contribution is 0.00578. The molecule has 0 aromatic carbocycles. The third kappa shape index (κ3) is 4.32. The van der Waals surface area contributed by atoms with Gasteiger partial charge >= 0.3 is 7.12 Å². The second kappa shape index (κ2) is 7.21. The smallest absolute Gasteiger partial charge is 0.399 e. The molecule has 2 aromatic heterocycles. The van der Waals surface area contributed by atoms with E-state index in [-0.39, 0.29) is 17.7 Å². The summed E-state index contributed by atoms with van der Waals surface area (Å²) in [5, 5.41) is 0. The number of nitrogen functional groups attached to an aromatic ring is 4. The fraction of sp³-hybridized carbons (Fsp3) is 0.429. The van der Waals surface area contributed by atoms with Crippen molar-refractivity contribution >= 4 is 52.0 Å². The molecule has 1 fully saturated rings. The zero-order valence-corrected chi connectivity index (χ0v) is 16.6. The molecule has 8 N–H and O–H groups in total. The predicted molar refractivity (Wildman–Crippen MR) is 105 cm³/mol. The minimum absolute atomic E-state index is 0.141. The highest BCUT2D eigenvalue weighted by atomic mass is 79.9. The number of rotatable bonds is 1. The van der Waals surface area contributed by atoms with Crippen LogP contribution in [0.5, 0.6) is 0 Å². The minimum Gasteiger partial charge on any atom is -0.399 e. The molecule has 0 unspecified atom stereocenters. The van der Waals surface area contributed by atoms with Crippen LogP contribution >= 0.6 is 15.9 Å². The lowest BCUT2D eigenvalue weighted by Crippen LogP contribution is -2.41. The van der Waals surface area contributed by atoms with Crippen molar-refractivity contribution in [1.82, 2.24) is 19.9 Å². The van der Waals surface area contributed by atoms with E-state index in [1.54, 1.807) is 6.20 Å². The largest absolute Gasteiger partial charge is 0.500 e. The summed E-state index contributed by atoms with van der Waals surface area (Å²) >= 11 is 3.12. The van der Waals surface area contributed by atoms with Crippen molar-refractivity contribution in [1.29, 1.82) is 0 Å². The fourth-order valence-corrected chi connectivity index (χ4v) is 2.16. The molecule has 0 saturated carbocycles. The first kappa shape index (κ1) is 20.1. The highest BCUT2D eigenvalue weighted by Gasteiger charge is 2.52. The lowest BCUT2D eigenvalue weighted by Gasteiger charge is -2.32. The van der Waals surface area contributed by atoms with Gasteiger partial charge in [-0.25, -0.2) is 9.97 Å². The summed E-state index contributed by atoms with van der Waals surface area (Å²) in [5.74, 6) is 0.983. The second-order valence-electron chi connectivity index (χ2n) is 6.62. The summed E-state index contributed by atoms with van der Waals surface area (Å²) in [6, 6.07) is 0. The molecule has 12 heteroatoms. The van der Waals surface area contributed by atoms with Gasteiger partial charge in [0.15, 0.2) is 0 Å². The van der Waals surface area contributed by atoms with E-state index in [0.717, 1.165) is 0 Å². The van der Waals surface area contributed by atoms with Crippen LogP contribution in [0, 0.1) is 0 Å². The summed E-state index contributed by atoms with van der Waals surface area (Å²) in [7, 11) is -0.555. The number of hydrogen-bond donors (Lipinski definition) is 4. The average molecular weight is 425 g/mol. The molecule has 0 aliphatic carbocycles. The van der Waals surface area contributed by atoms with Crippen molar-refractivity contribution in [2.75, 3.05) is 22.9 Å². The van der Waals surface area contributed by atoms with Crippen LogP contribution < -0.4 is 28.4 Å². The number of nitrogens with zero attached hydrogens (tertiary/aromatic N) is 4. The number of halogens is 1. The van der Waals surface area contributed by atoms with Crippen molar-refractivity contribution in [3.8, 4) is 0 Å². The molecule has 3 heterocycles. The van der Waals surface area contributed by atoms with Gasteiger partial charge in [0.1, 0.15) is 11.6 Å². The molecule has 0 radical (unpaired) electrons. The zero-order chi connectivity index (χ0) is 19.7. The average Bonchev–Trinajstić information content (AvgIpc) is 2.72. The van der Waals surface area contributed by atoms with Crippen LogP contribution in [0.1, 0.15) is 27.7 Å². The van der Waals surface area contributed by atoms with E-state index in [2.05, 4.69) is 35.9 Å². The van der Waals surface area contributed by atoms with Crippen molar-refractivity contribution in [2.24, 2.45) is 0 Å². The van der Waals surface area contributed by atoms with Crippen molar-refractivity contribution in [3.05, 3.63) is 16.9 Å². The molecule has 0 atom stereocenters. The van der Waals surface area contributed by atoms with Crippen molar-refractivity contribution in [3.63, 3.8) is 0 Å². The quantitative estimate of drug-likeness (QED) is 0.467. The molecule has 1 saturated heterocycles. The first-order chi connectivity index (χ1) is 11.9. The van der Waals surface area contributed by atoms with Crippen LogP contribution in [0.2, 0.25) is 0 Å².